The normalized spacial score (nSPS) is 24.1. The van der Waals surface area contributed by atoms with Gasteiger partial charge in [-0.15, -0.1) is 0 Å². The molecule has 0 aromatic heterocycles. The summed E-state index contributed by atoms with van der Waals surface area (Å²) >= 11 is 7.71. The number of hydrogen-bond donors (Lipinski definition) is 0. The van der Waals surface area contributed by atoms with Crippen LogP contribution in [0.1, 0.15) is 16.7 Å². The number of amides is 1. The molecule has 0 unspecified atom stereocenters. The average Bonchev–Trinajstić information content (AvgIpc) is 3.09. The second-order valence-electron chi connectivity index (χ2n) is 7.47. The minimum absolute atomic E-state index is 0.0835. The van der Waals surface area contributed by atoms with Crippen LogP contribution in [0.4, 0.5) is 0 Å². The Hall–Kier alpha value is -1.83. The van der Waals surface area contributed by atoms with E-state index >= 15 is 0 Å². The summed E-state index contributed by atoms with van der Waals surface area (Å²) in [6.07, 6.45) is 0.222. The van der Waals surface area contributed by atoms with Gasteiger partial charge in [-0.25, -0.2) is 8.42 Å². The van der Waals surface area contributed by atoms with Crippen molar-refractivity contribution in [3.63, 3.8) is 0 Å². The van der Waals surface area contributed by atoms with Gasteiger partial charge in [0.15, 0.2) is 15.0 Å². The van der Waals surface area contributed by atoms with Crippen molar-refractivity contribution < 1.29 is 13.2 Å². The zero-order valence-electron chi connectivity index (χ0n) is 15.9. The van der Waals surface area contributed by atoms with Crippen LogP contribution in [0.5, 0.6) is 0 Å². The molecule has 2 aliphatic rings. The predicted octanol–water partition coefficient (Wildman–Crippen LogP) is 3.49. The van der Waals surface area contributed by atoms with Gasteiger partial charge in [-0.1, -0.05) is 71.4 Å². The maximum atomic E-state index is 12.6. The van der Waals surface area contributed by atoms with E-state index < -0.39 is 9.84 Å². The van der Waals surface area contributed by atoms with Gasteiger partial charge in [0.05, 0.1) is 24.0 Å². The lowest BCUT2D eigenvalue weighted by Crippen LogP contribution is -2.37. The molecule has 0 N–H and O–H groups in total. The second-order valence-corrected chi connectivity index (χ2v) is 11.2. The van der Waals surface area contributed by atoms with Crippen LogP contribution in [0, 0.1) is 6.92 Å². The summed E-state index contributed by atoms with van der Waals surface area (Å²) in [4.78, 5) is 18.9. The Labute approximate surface area is 180 Å². The predicted molar refractivity (Wildman–Crippen MR) is 118 cm³/mol. The van der Waals surface area contributed by atoms with E-state index in [1.807, 2.05) is 60.4 Å². The van der Waals surface area contributed by atoms with Gasteiger partial charge in [0.1, 0.15) is 0 Å². The van der Waals surface area contributed by atoms with Crippen molar-refractivity contribution in [1.29, 1.82) is 0 Å². The molecular weight excluding hydrogens is 428 g/mol. The fraction of sp³-hybridized carbons (Fsp3) is 0.333. The number of benzene rings is 2. The number of halogens is 1. The van der Waals surface area contributed by atoms with Crippen LogP contribution in [0.2, 0.25) is 5.02 Å². The van der Waals surface area contributed by atoms with Crippen molar-refractivity contribution in [3.8, 4) is 0 Å². The number of carbonyl (C=O) groups is 1. The van der Waals surface area contributed by atoms with E-state index in [9.17, 15) is 13.2 Å². The Balaban J connectivity index is 1.59. The lowest BCUT2D eigenvalue weighted by atomic mass is 10.1. The van der Waals surface area contributed by atoms with Gasteiger partial charge in [0, 0.05) is 16.8 Å². The van der Waals surface area contributed by atoms with E-state index in [1.54, 1.807) is 0 Å². The molecule has 2 saturated heterocycles. The molecular formula is C21H21ClN2O3S2. The lowest BCUT2D eigenvalue weighted by molar-refractivity contribution is -0.117. The highest BCUT2D eigenvalue weighted by molar-refractivity contribution is 8.15. The zero-order chi connectivity index (χ0) is 20.6. The number of thioether (sulfide) groups is 1. The number of fused-ring (bicyclic) bond motifs is 1. The first-order valence-corrected chi connectivity index (χ1v) is 12.4. The van der Waals surface area contributed by atoms with Crippen LogP contribution in [0.25, 0.3) is 0 Å². The maximum absolute atomic E-state index is 12.6. The highest BCUT2D eigenvalue weighted by Crippen LogP contribution is 2.39. The van der Waals surface area contributed by atoms with Gasteiger partial charge < -0.3 is 4.90 Å². The Morgan fingerprint density at radius 3 is 2.76 bits per heavy atom. The number of hydrogen-bond acceptors (Lipinski definition) is 4. The molecule has 2 aromatic carbocycles. The minimum Gasteiger partial charge on any atom is -0.342 e. The van der Waals surface area contributed by atoms with E-state index in [0.29, 0.717) is 16.7 Å². The van der Waals surface area contributed by atoms with Crippen LogP contribution in [0.15, 0.2) is 53.5 Å². The van der Waals surface area contributed by atoms with Gasteiger partial charge in [-0.05, 0) is 24.1 Å². The third kappa shape index (κ3) is 4.68. The van der Waals surface area contributed by atoms with Crippen LogP contribution < -0.4 is 0 Å². The van der Waals surface area contributed by atoms with Crippen molar-refractivity contribution in [2.24, 2.45) is 4.99 Å². The molecule has 29 heavy (non-hydrogen) atoms. The average molecular weight is 449 g/mol. The van der Waals surface area contributed by atoms with Crippen LogP contribution >= 0.6 is 23.4 Å². The first-order valence-electron chi connectivity index (χ1n) is 9.35. The van der Waals surface area contributed by atoms with E-state index in [-0.39, 0.29) is 35.1 Å². The molecule has 4 rings (SSSR count). The summed E-state index contributed by atoms with van der Waals surface area (Å²) in [5.74, 6) is -0.0304. The quantitative estimate of drug-likeness (QED) is 0.716. The standard InChI is InChI=1S/C21H21ClN2O3S2/c1-14-5-4-6-15(9-14)10-20(25)23-21-24(11-16-7-2-3-8-17(16)22)18-12-29(26,27)13-19(18)28-21/h2-9,18-19H,10-13H2,1H3/t18-,19-/m0/s1. The molecule has 2 heterocycles. The molecule has 5 nitrogen and oxygen atoms in total. The molecule has 152 valence electrons. The Bertz CT molecular complexity index is 1080. The first kappa shape index (κ1) is 20.4. The van der Waals surface area contributed by atoms with Crippen molar-refractivity contribution in [2.75, 3.05) is 11.5 Å². The van der Waals surface area contributed by atoms with E-state index in [0.717, 1.165) is 16.7 Å². The molecule has 0 saturated carbocycles. The van der Waals surface area contributed by atoms with Crippen molar-refractivity contribution in [3.05, 3.63) is 70.2 Å². The van der Waals surface area contributed by atoms with Crippen LogP contribution in [0.3, 0.4) is 0 Å². The van der Waals surface area contributed by atoms with Crippen LogP contribution in [-0.4, -0.2) is 47.2 Å². The summed E-state index contributed by atoms with van der Waals surface area (Å²) in [5.41, 5.74) is 2.90. The van der Waals surface area contributed by atoms with Crippen LogP contribution in [-0.2, 0) is 27.6 Å². The summed E-state index contributed by atoms with van der Waals surface area (Å²) in [7, 11) is -3.08. The van der Waals surface area contributed by atoms with Gasteiger partial charge in [0.25, 0.3) is 5.91 Å². The molecule has 2 atom stereocenters. The largest absolute Gasteiger partial charge is 0.342 e. The smallest absolute Gasteiger partial charge is 0.252 e. The summed E-state index contributed by atoms with van der Waals surface area (Å²) in [5, 5.41) is 1.10. The molecule has 2 aromatic rings. The van der Waals surface area contributed by atoms with Crippen molar-refractivity contribution in [1.82, 2.24) is 4.90 Å². The van der Waals surface area contributed by atoms with E-state index in [1.165, 1.54) is 11.8 Å². The fourth-order valence-electron chi connectivity index (χ4n) is 3.77. The Morgan fingerprint density at radius 1 is 1.21 bits per heavy atom. The SMILES string of the molecule is Cc1cccc(CC(=O)N=C2S[C@H]3CS(=O)(=O)C[C@@H]3N2Cc2ccccc2Cl)c1. The third-order valence-corrected chi connectivity index (χ3v) is 8.75. The van der Waals surface area contributed by atoms with E-state index in [2.05, 4.69) is 4.99 Å². The number of aliphatic imine (C=N–C) groups is 1. The number of rotatable bonds is 4. The number of amidine groups is 1. The van der Waals surface area contributed by atoms with Gasteiger partial charge in [0.2, 0.25) is 0 Å². The Kier molecular flexibility index (Phi) is 5.73. The zero-order valence-corrected chi connectivity index (χ0v) is 18.3. The molecule has 2 fully saturated rings. The molecule has 0 radical (unpaired) electrons. The lowest BCUT2D eigenvalue weighted by Gasteiger charge is -2.25. The van der Waals surface area contributed by atoms with Gasteiger partial charge in [-0.2, -0.15) is 4.99 Å². The summed E-state index contributed by atoms with van der Waals surface area (Å²) in [6, 6.07) is 15.1. The number of carbonyl (C=O) groups excluding carboxylic acids is 1. The summed E-state index contributed by atoms with van der Waals surface area (Å²) in [6.45, 7) is 2.42. The number of aryl methyl sites for hydroxylation is 1. The number of nitrogens with zero attached hydrogens (tertiary/aromatic N) is 2. The highest BCUT2D eigenvalue weighted by Gasteiger charge is 2.48. The molecule has 0 bridgehead atoms. The molecule has 0 aliphatic carbocycles. The maximum Gasteiger partial charge on any atom is 0.252 e. The first-order chi connectivity index (χ1) is 13.8. The molecule has 1 amide bonds. The monoisotopic (exact) mass is 448 g/mol. The van der Waals surface area contributed by atoms with E-state index in [4.69, 9.17) is 11.6 Å². The van der Waals surface area contributed by atoms with Gasteiger partial charge in [-0.3, -0.25) is 4.79 Å². The second kappa shape index (κ2) is 8.13. The van der Waals surface area contributed by atoms with Gasteiger partial charge >= 0.3 is 0 Å². The minimum atomic E-state index is -3.08. The summed E-state index contributed by atoms with van der Waals surface area (Å²) < 4.78 is 24.3. The van der Waals surface area contributed by atoms with Crippen molar-refractivity contribution >= 4 is 44.3 Å². The molecule has 8 heteroatoms. The molecule has 0 spiro atoms. The highest BCUT2D eigenvalue weighted by atomic mass is 35.5. The Morgan fingerprint density at radius 2 is 2.00 bits per heavy atom. The topological polar surface area (TPSA) is 66.8 Å². The van der Waals surface area contributed by atoms with Crippen molar-refractivity contribution in [2.45, 2.75) is 31.2 Å². The fourth-order valence-corrected chi connectivity index (χ4v) is 7.94. The molecule has 2 aliphatic heterocycles. The number of sulfone groups is 1. The third-order valence-electron chi connectivity index (χ3n) is 5.13.